The highest BCUT2D eigenvalue weighted by molar-refractivity contribution is 7.87. The van der Waals surface area contributed by atoms with Crippen LogP contribution in [-0.4, -0.2) is 42.9 Å². The molecule has 2 atom stereocenters. The Balaban J connectivity index is 2.87. The molecule has 1 saturated heterocycles. The Morgan fingerprint density at radius 2 is 2.12 bits per heavy atom. The van der Waals surface area contributed by atoms with E-state index in [0.29, 0.717) is 12.3 Å². The molecule has 0 radical (unpaired) electrons. The fraction of sp³-hybridized carbons (Fsp3) is 0.900. The van der Waals surface area contributed by atoms with Gasteiger partial charge in [-0.15, -0.1) is 0 Å². The fourth-order valence-corrected chi connectivity index (χ4v) is 3.55. The van der Waals surface area contributed by atoms with E-state index in [2.05, 4.69) is 4.72 Å². The lowest BCUT2D eigenvalue weighted by molar-refractivity contribution is -0.143. The maximum atomic E-state index is 11.8. The highest BCUT2D eigenvalue weighted by Crippen LogP contribution is 2.27. The Morgan fingerprint density at radius 1 is 1.47 bits per heavy atom. The summed E-state index contributed by atoms with van der Waals surface area (Å²) in [7, 11) is -3.66. The average molecular weight is 264 g/mol. The van der Waals surface area contributed by atoms with Crippen LogP contribution in [0.3, 0.4) is 0 Å². The molecule has 17 heavy (non-hydrogen) atoms. The van der Waals surface area contributed by atoms with Crippen LogP contribution in [-0.2, 0) is 15.0 Å². The highest BCUT2D eigenvalue weighted by Gasteiger charge is 2.39. The third kappa shape index (κ3) is 3.40. The van der Waals surface area contributed by atoms with Crippen LogP contribution in [0.5, 0.6) is 0 Å². The number of nitrogens with zero attached hydrogens (tertiary/aromatic N) is 1. The summed E-state index contributed by atoms with van der Waals surface area (Å²) in [6, 6.07) is -0.933. The molecule has 7 heteroatoms. The van der Waals surface area contributed by atoms with Gasteiger partial charge in [0.05, 0.1) is 0 Å². The zero-order chi connectivity index (χ0) is 13.1. The van der Waals surface area contributed by atoms with Crippen molar-refractivity contribution in [1.29, 1.82) is 0 Å². The van der Waals surface area contributed by atoms with E-state index in [0.717, 1.165) is 17.1 Å². The normalized spacial score (nSPS) is 26.9. The topological polar surface area (TPSA) is 86.7 Å². The summed E-state index contributed by atoms with van der Waals surface area (Å²) >= 11 is 0. The highest BCUT2D eigenvalue weighted by atomic mass is 32.2. The summed E-state index contributed by atoms with van der Waals surface area (Å²) in [6.07, 6.45) is 2.01. The first kappa shape index (κ1) is 14.4. The molecular formula is C10H20N2O4S. The van der Waals surface area contributed by atoms with Crippen LogP contribution in [0, 0.1) is 5.92 Å². The van der Waals surface area contributed by atoms with Crippen molar-refractivity contribution < 1.29 is 18.3 Å². The largest absolute Gasteiger partial charge is 0.480 e. The van der Waals surface area contributed by atoms with Crippen molar-refractivity contribution in [2.45, 2.75) is 39.2 Å². The van der Waals surface area contributed by atoms with E-state index in [4.69, 9.17) is 5.11 Å². The molecule has 1 rings (SSSR count). The SMILES string of the molecule is CCNS(=O)(=O)N1CCC(CC)CC1C(=O)O. The van der Waals surface area contributed by atoms with E-state index in [1.807, 2.05) is 6.92 Å². The second-order valence-electron chi connectivity index (χ2n) is 4.27. The van der Waals surface area contributed by atoms with Crippen molar-refractivity contribution in [3.63, 3.8) is 0 Å². The van der Waals surface area contributed by atoms with Crippen LogP contribution in [0.1, 0.15) is 33.1 Å². The molecule has 0 aromatic heterocycles. The van der Waals surface area contributed by atoms with Gasteiger partial charge < -0.3 is 5.11 Å². The third-order valence-electron chi connectivity index (χ3n) is 3.16. The fourth-order valence-electron chi connectivity index (χ4n) is 2.16. The summed E-state index contributed by atoms with van der Waals surface area (Å²) in [6.45, 7) is 4.22. The van der Waals surface area contributed by atoms with Gasteiger partial charge in [0.2, 0.25) is 0 Å². The number of carboxylic acid groups (broad SMARTS) is 1. The van der Waals surface area contributed by atoms with E-state index >= 15 is 0 Å². The molecule has 2 N–H and O–H groups in total. The minimum absolute atomic E-state index is 0.266. The molecule has 0 aromatic carbocycles. The number of carboxylic acids is 1. The van der Waals surface area contributed by atoms with Gasteiger partial charge in [-0.3, -0.25) is 4.79 Å². The molecule has 6 nitrogen and oxygen atoms in total. The summed E-state index contributed by atoms with van der Waals surface area (Å²) in [4.78, 5) is 11.1. The van der Waals surface area contributed by atoms with Crippen molar-refractivity contribution in [2.75, 3.05) is 13.1 Å². The van der Waals surface area contributed by atoms with Crippen molar-refractivity contribution in [2.24, 2.45) is 5.92 Å². The maximum Gasteiger partial charge on any atom is 0.322 e. The summed E-state index contributed by atoms with van der Waals surface area (Å²) < 4.78 is 27.1. The molecule has 1 fully saturated rings. The quantitative estimate of drug-likeness (QED) is 0.753. The molecule has 100 valence electrons. The molecular weight excluding hydrogens is 244 g/mol. The summed E-state index contributed by atoms with van der Waals surface area (Å²) in [5, 5.41) is 9.12. The molecule has 0 aromatic rings. The number of nitrogens with one attached hydrogen (secondary N) is 1. The van der Waals surface area contributed by atoms with Crippen molar-refractivity contribution in [3.05, 3.63) is 0 Å². The van der Waals surface area contributed by atoms with Gasteiger partial charge in [-0.25, -0.2) is 4.72 Å². The predicted octanol–water partition coefficient (Wildman–Crippen LogP) is 0.416. The number of aliphatic carboxylic acids is 1. The summed E-state index contributed by atoms with van der Waals surface area (Å²) in [5.41, 5.74) is 0. The van der Waals surface area contributed by atoms with Crippen LogP contribution < -0.4 is 4.72 Å². The van der Waals surface area contributed by atoms with Crippen LogP contribution in [0.15, 0.2) is 0 Å². The molecule has 2 unspecified atom stereocenters. The second-order valence-corrected chi connectivity index (χ2v) is 5.97. The molecule has 1 heterocycles. The molecule has 1 aliphatic rings. The minimum Gasteiger partial charge on any atom is -0.480 e. The Hall–Kier alpha value is -0.660. The number of piperidine rings is 1. The van der Waals surface area contributed by atoms with E-state index in [9.17, 15) is 13.2 Å². The van der Waals surface area contributed by atoms with Gasteiger partial charge >= 0.3 is 5.97 Å². The smallest absolute Gasteiger partial charge is 0.322 e. The van der Waals surface area contributed by atoms with E-state index in [-0.39, 0.29) is 13.1 Å². The second kappa shape index (κ2) is 5.79. The number of rotatable bonds is 5. The monoisotopic (exact) mass is 264 g/mol. The van der Waals surface area contributed by atoms with Crippen molar-refractivity contribution in [1.82, 2.24) is 9.03 Å². The van der Waals surface area contributed by atoms with E-state index in [1.54, 1.807) is 6.92 Å². The molecule has 1 aliphatic heterocycles. The van der Waals surface area contributed by atoms with Crippen molar-refractivity contribution >= 4 is 16.2 Å². The van der Waals surface area contributed by atoms with Crippen LogP contribution >= 0.6 is 0 Å². The summed E-state index contributed by atoms with van der Waals surface area (Å²) in [5.74, 6) is -0.770. The number of carbonyl (C=O) groups is 1. The molecule has 0 spiro atoms. The van der Waals surface area contributed by atoms with E-state index in [1.165, 1.54) is 0 Å². The Morgan fingerprint density at radius 3 is 2.59 bits per heavy atom. The van der Waals surface area contributed by atoms with Gasteiger partial charge in [-0.05, 0) is 18.8 Å². The number of hydrogen-bond donors (Lipinski definition) is 2. The Kier molecular flexibility index (Phi) is 4.91. The van der Waals surface area contributed by atoms with Crippen molar-refractivity contribution in [3.8, 4) is 0 Å². The maximum absolute atomic E-state index is 11.8. The van der Waals surface area contributed by atoms with Gasteiger partial charge in [-0.2, -0.15) is 12.7 Å². The molecule has 0 saturated carbocycles. The van der Waals surface area contributed by atoms with Crippen LogP contribution in [0.25, 0.3) is 0 Å². The lowest BCUT2D eigenvalue weighted by Crippen LogP contribution is -2.53. The predicted molar refractivity (Wildman–Crippen MR) is 63.7 cm³/mol. The zero-order valence-corrected chi connectivity index (χ0v) is 11.0. The van der Waals surface area contributed by atoms with Gasteiger partial charge in [0.1, 0.15) is 6.04 Å². The Labute approximate surface area is 102 Å². The molecule has 0 bridgehead atoms. The zero-order valence-electron chi connectivity index (χ0n) is 10.2. The van der Waals surface area contributed by atoms with Crippen LogP contribution in [0.2, 0.25) is 0 Å². The average Bonchev–Trinajstić information content (AvgIpc) is 2.28. The first-order chi connectivity index (χ1) is 7.92. The molecule has 0 amide bonds. The lowest BCUT2D eigenvalue weighted by atomic mass is 9.90. The Bertz CT molecular complexity index is 369. The molecule has 0 aliphatic carbocycles. The minimum atomic E-state index is -3.66. The standard InChI is InChI=1S/C10H20N2O4S/c1-3-8-5-6-12(9(7-8)10(13)14)17(15,16)11-4-2/h8-9,11H,3-7H2,1-2H3,(H,13,14). The van der Waals surface area contributed by atoms with E-state index < -0.39 is 22.2 Å². The van der Waals surface area contributed by atoms with Gasteiger partial charge in [0.25, 0.3) is 10.2 Å². The van der Waals surface area contributed by atoms with Gasteiger partial charge in [0.15, 0.2) is 0 Å². The third-order valence-corrected chi connectivity index (χ3v) is 4.87. The van der Waals surface area contributed by atoms with Gasteiger partial charge in [0, 0.05) is 13.1 Å². The first-order valence-corrected chi connectivity index (χ1v) is 7.35. The van der Waals surface area contributed by atoms with Gasteiger partial charge in [-0.1, -0.05) is 20.3 Å². The first-order valence-electron chi connectivity index (χ1n) is 5.91. The lowest BCUT2D eigenvalue weighted by Gasteiger charge is -2.35. The van der Waals surface area contributed by atoms with Crippen LogP contribution in [0.4, 0.5) is 0 Å². The number of hydrogen-bond acceptors (Lipinski definition) is 3.